The lowest BCUT2D eigenvalue weighted by molar-refractivity contribution is 0.336. The van der Waals surface area contributed by atoms with Gasteiger partial charge in [0.1, 0.15) is 11.5 Å². The molecule has 98 valence electrons. The third-order valence-corrected chi connectivity index (χ3v) is 4.57. The predicted octanol–water partition coefficient (Wildman–Crippen LogP) is 4.14. The van der Waals surface area contributed by atoms with Crippen molar-refractivity contribution in [1.82, 2.24) is 9.38 Å². The zero-order chi connectivity index (χ0) is 13.7. The van der Waals surface area contributed by atoms with Crippen LogP contribution >= 0.6 is 15.9 Å². The van der Waals surface area contributed by atoms with Crippen LogP contribution in [0.5, 0.6) is 0 Å². The number of aromatic nitrogens is 2. The lowest BCUT2D eigenvalue weighted by Crippen LogP contribution is -2.17. The zero-order valence-electron chi connectivity index (χ0n) is 11.6. The summed E-state index contributed by atoms with van der Waals surface area (Å²) in [4.78, 5) is 4.70. The van der Waals surface area contributed by atoms with E-state index in [0.29, 0.717) is 5.92 Å². The van der Waals surface area contributed by atoms with Gasteiger partial charge in [0.2, 0.25) is 0 Å². The molecule has 1 unspecified atom stereocenters. The van der Waals surface area contributed by atoms with Crippen molar-refractivity contribution in [2.45, 2.75) is 40.5 Å². The van der Waals surface area contributed by atoms with Gasteiger partial charge in [-0.05, 0) is 40.4 Å². The van der Waals surface area contributed by atoms with Crippen LogP contribution in [0, 0.1) is 12.3 Å². The maximum atomic E-state index is 6.29. The van der Waals surface area contributed by atoms with Crippen molar-refractivity contribution in [3.05, 3.63) is 28.0 Å². The number of fused-ring (bicyclic) bond motifs is 1. The van der Waals surface area contributed by atoms with E-state index in [-0.39, 0.29) is 5.41 Å². The first-order valence-corrected chi connectivity index (χ1v) is 6.95. The minimum absolute atomic E-state index is 0.150. The summed E-state index contributed by atoms with van der Waals surface area (Å²) in [5, 5.41) is 0. The van der Waals surface area contributed by atoms with E-state index in [1.807, 2.05) is 23.5 Å². The molecule has 2 rings (SSSR count). The molecule has 0 bridgehead atoms. The monoisotopic (exact) mass is 309 g/mol. The van der Waals surface area contributed by atoms with Crippen molar-refractivity contribution in [2.24, 2.45) is 5.41 Å². The summed E-state index contributed by atoms with van der Waals surface area (Å²) in [6.07, 6.45) is 0. The van der Waals surface area contributed by atoms with Crippen LogP contribution in [0.15, 0.2) is 16.6 Å². The highest BCUT2D eigenvalue weighted by molar-refractivity contribution is 9.10. The van der Waals surface area contributed by atoms with E-state index in [2.05, 4.69) is 43.6 Å². The number of nitrogen functional groups attached to an aromatic ring is 1. The van der Waals surface area contributed by atoms with Crippen molar-refractivity contribution >= 4 is 27.4 Å². The first-order chi connectivity index (χ1) is 8.23. The number of hydrogen-bond acceptors (Lipinski definition) is 2. The summed E-state index contributed by atoms with van der Waals surface area (Å²) < 4.78 is 3.07. The van der Waals surface area contributed by atoms with Crippen molar-refractivity contribution in [3.8, 4) is 0 Å². The summed E-state index contributed by atoms with van der Waals surface area (Å²) in [5.41, 5.74) is 9.43. The molecule has 18 heavy (non-hydrogen) atoms. The van der Waals surface area contributed by atoms with Gasteiger partial charge in [0.05, 0.1) is 5.69 Å². The SMILES string of the molecule is Cc1c(Br)ccc2nc(C(C)C(C)(C)C)c(N)n12. The Morgan fingerprint density at radius 2 is 1.94 bits per heavy atom. The largest absolute Gasteiger partial charge is 0.383 e. The molecule has 1 atom stereocenters. The second kappa shape index (κ2) is 4.26. The molecule has 0 radical (unpaired) electrons. The molecule has 0 aliphatic rings. The third kappa shape index (κ3) is 2.03. The molecule has 0 aromatic carbocycles. The van der Waals surface area contributed by atoms with E-state index in [1.165, 1.54) is 0 Å². The Balaban J connectivity index is 2.69. The molecule has 0 saturated heterocycles. The highest BCUT2D eigenvalue weighted by atomic mass is 79.9. The van der Waals surface area contributed by atoms with Crippen molar-refractivity contribution in [2.75, 3.05) is 5.73 Å². The average Bonchev–Trinajstić information content (AvgIpc) is 2.59. The van der Waals surface area contributed by atoms with Crippen LogP contribution in [0.3, 0.4) is 0 Å². The fraction of sp³-hybridized carbons (Fsp3) is 0.500. The van der Waals surface area contributed by atoms with Gasteiger partial charge < -0.3 is 5.73 Å². The number of nitrogens with zero attached hydrogens (tertiary/aromatic N) is 2. The maximum Gasteiger partial charge on any atom is 0.138 e. The van der Waals surface area contributed by atoms with Gasteiger partial charge in [-0.25, -0.2) is 4.98 Å². The zero-order valence-corrected chi connectivity index (χ0v) is 13.2. The van der Waals surface area contributed by atoms with E-state index in [1.54, 1.807) is 0 Å². The number of pyridine rings is 1. The average molecular weight is 310 g/mol. The normalized spacial score (nSPS) is 14.1. The molecular formula is C14H20BrN3. The molecule has 2 aromatic rings. The summed E-state index contributed by atoms with van der Waals surface area (Å²) in [5.74, 6) is 1.07. The Morgan fingerprint density at radius 1 is 1.33 bits per heavy atom. The van der Waals surface area contributed by atoms with E-state index >= 15 is 0 Å². The van der Waals surface area contributed by atoms with E-state index in [9.17, 15) is 0 Å². The Bertz CT molecular complexity index is 593. The number of anilines is 1. The van der Waals surface area contributed by atoms with E-state index in [0.717, 1.165) is 27.3 Å². The topological polar surface area (TPSA) is 43.3 Å². The molecule has 0 fully saturated rings. The third-order valence-electron chi connectivity index (χ3n) is 3.74. The Kier molecular flexibility index (Phi) is 3.18. The highest BCUT2D eigenvalue weighted by Gasteiger charge is 2.27. The minimum atomic E-state index is 0.150. The van der Waals surface area contributed by atoms with E-state index < -0.39 is 0 Å². The van der Waals surface area contributed by atoms with E-state index in [4.69, 9.17) is 10.7 Å². The standard InChI is InChI=1S/C14H20BrN3/c1-8(14(3,4)5)12-13(16)18-9(2)10(15)6-7-11(18)17-12/h6-8H,16H2,1-5H3. The van der Waals surface area contributed by atoms with Crippen molar-refractivity contribution in [3.63, 3.8) is 0 Å². The first kappa shape index (κ1) is 13.4. The minimum Gasteiger partial charge on any atom is -0.383 e. The molecule has 0 amide bonds. The fourth-order valence-electron chi connectivity index (χ4n) is 2.04. The van der Waals surface area contributed by atoms with Gasteiger partial charge in [-0.15, -0.1) is 0 Å². The Labute approximate surface area is 117 Å². The van der Waals surface area contributed by atoms with Gasteiger partial charge in [0.15, 0.2) is 0 Å². The van der Waals surface area contributed by atoms with Gasteiger partial charge in [-0.2, -0.15) is 0 Å². The van der Waals surface area contributed by atoms with Crippen LogP contribution < -0.4 is 5.73 Å². The predicted molar refractivity (Wildman–Crippen MR) is 79.9 cm³/mol. The number of rotatable bonds is 1. The summed E-state index contributed by atoms with van der Waals surface area (Å²) >= 11 is 3.53. The Hall–Kier alpha value is -1.03. The fourth-order valence-corrected chi connectivity index (χ4v) is 2.35. The molecule has 3 nitrogen and oxygen atoms in total. The van der Waals surface area contributed by atoms with Crippen LogP contribution in [-0.2, 0) is 0 Å². The highest BCUT2D eigenvalue weighted by Crippen LogP contribution is 2.37. The molecule has 0 aliphatic carbocycles. The van der Waals surface area contributed by atoms with Gasteiger partial charge in [-0.1, -0.05) is 27.7 Å². The quantitative estimate of drug-likeness (QED) is 0.860. The molecular weight excluding hydrogens is 290 g/mol. The van der Waals surface area contributed by atoms with Gasteiger partial charge >= 0.3 is 0 Å². The van der Waals surface area contributed by atoms with Crippen LogP contribution in [0.25, 0.3) is 5.65 Å². The molecule has 2 aromatic heterocycles. The Morgan fingerprint density at radius 3 is 2.50 bits per heavy atom. The molecule has 0 spiro atoms. The van der Waals surface area contributed by atoms with Crippen molar-refractivity contribution in [1.29, 1.82) is 0 Å². The summed E-state index contributed by atoms with van der Waals surface area (Å²) in [6.45, 7) is 10.9. The lowest BCUT2D eigenvalue weighted by atomic mass is 9.80. The van der Waals surface area contributed by atoms with Crippen LogP contribution in [0.1, 0.15) is 45.0 Å². The van der Waals surface area contributed by atoms with Crippen LogP contribution in [0.2, 0.25) is 0 Å². The molecule has 2 N–H and O–H groups in total. The summed E-state index contributed by atoms with van der Waals surface area (Å²) in [7, 11) is 0. The molecule has 2 heterocycles. The van der Waals surface area contributed by atoms with Crippen molar-refractivity contribution < 1.29 is 0 Å². The number of nitrogens with two attached hydrogens (primary N) is 1. The molecule has 4 heteroatoms. The second-order valence-electron chi connectivity index (χ2n) is 5.93. The number of imidazole rings is 1. The first-order valence-electron chi connectivity index (χ1n) is 6.16. The number of hydrogen-bond donors (Lipinski definition) is 1. The van der Waals surface area contributed by atoms with Gasteiger partial charge in [0.25, 0.3) is 0 Å². The van der Waals surface area contributed by atoms with Crippen LogP contribution in [-0.4, -0.2) is 9.38 Å². The van der Waals surface area contributed by atoms with Gasteiger partial charge in [-0.3, -0.25) is 4.40 Å². The second-order valence-corrected chi connectivity index (χ2v) is 6.78. The number of halogens is 1. The van der Waals surface area contributed by atoms with Crippen LogP contribution in [0.4, 0.5) is 5.82 Å². The maximum absolute atomic E-state index is 6.29. The van der Waals surface area contributed by atoms with Gasteiger partial charge in [0, 0.05) is 16.1 Å². The number of aryl methyl sites for hydroxylation is 1. The smallest absolute Gasteiger partial charge is 0.138 e. The summed E-state index contributed by atoms with van der Waals surface area (Å²) in [6, 6.07) is 4.01. The molecule has 0 saturated carbocycles. The lowest BCUT2D eigenvalue weighted by Gasteiger charge is -2.26. The molecule has 0 aliphatic heterocycles.